The van der Waals surface area contributed by atoms with E-state index in [1.807, 2.05) is 24.3 Å². The largest absolute Gasteiger partial charge is 0.399 e. The Labute approximate surface area is 104 Å². The van der Waals surface area contributed by atoms with Crippen LogP contribution >= 0.6 is 0 Å². The van der Waals surface area contributed by atoms with E-state index in [1.165, 1.54) is 5.56 Å². The Bertz CT molecular complexity index is 338. The van der Waals surface area contributed by atoms with Crippen LogP contribution < -0.4 is 5.73 Å². The summed E-state index contributed by atoms with van der Waals surface area (Å²) in [6.45, 7) is 4.31. The van der Waals surface area contributed by atoms with E-state index in [4.69, 9.17) is 5.73 Å². The number of nitrogen functional groups attached to an aromatic ring is 1. The van der Waals surface area contributed by atoms with Crippen molar-refractivity contribution in [1.82, 2.24) is 0 Å². The predicted molar refractivity (Wildman–Crippen MR) is 72.9 cm³/mol. The van der Waals surface area contributed by atoms with Gasteiger partial charge in [0.2, 0.25) is 0 Å². The first kappa shape index (κ1) is 13.8. The van der Waals surface area contributed by atoms with Crippen molar-refractivity contribution in [3.8, 4) is 0 Å². The van der Waals surface area contributed by atoms with E-state index >= 15 is 0 Å². The number of anilines is 1. The maximum absolute atomic E-state index is 11.8. The molecule has 1 rings (SSSR count). The number of aryl methyl sites for hydroxylation is 1. The molecule has 0 aromatic heterocycles. The summed E-state index contributed by atoms with van der Waals surface area (Å²) in [7, 11) is 0. The van der Waals surface area contributed by atoms with Crippen molar-refractivity contribution in [3.05, 3.63) is 29.8 Å². The van der Waals surface area contributed by atoms with Gasteiger partial charge in [0.05, 0.1) is 0 Å². The number of hydrogen-bond donors (Lipinski definition) is 1. The number of hydrogen-bond acceptors (Lipinski definition) is 2. The summed E-state index contributed by atoms with van der Waals surface area (Å²) in [6, 6.07) is 7.78. The van der Waals surface area contributed by atoms with Gasteiger partial charge in [-0.1, -0.05) is 38.8 Å². The van der Waals surface area contributed by atoms with Crippen LogP contribution in [0.25, 0.3) is 0 Å². The van der Waals surface area contributed by atoms with Gasteiger partial charge in [-0.2, -0.15) is 0 Å². The van der Waals surface area contributed by atoms with Crippen molar-refractivity contribution < 1.29 is 4.79 Å². The summed E-state index contributed by atoms with van der Waals surface area (Å²) >= 11 is 0. The Morgan fingerprint density at radius 1 is 1.18 bits per heavy atom. The lowest BCUT2D eigenvalue weighted by molar-refractivity contribution is -0.120. The van der Waals surface area contributed by atoms with Gasteiger partial charge in [0.1, 0.15) is 5.78 Å². The average molecular weight is 233 g/mol. The highest BCUT2D eigenvalue weighted by molar-refractivity contribution is 5.78. The second-order valence-corrected chi connectivity index (χ2v) is 4.67. The number of carbonyl (C=O) groups excluding carboxylic acids is 1. The highest BCUT2D eigenvalue weighted by atomic mass is 16.1. The lowest BCUT2D eigenvalue weighted by Crippen LogP contribution is -2.08. The zero-order chi connectivity index (χ0) is 12.7. The van der Waals surface area contributed by atoms with E-state index in [0.29, 0.717) is 18.1 Å². The third-order valence-electron chi connectivity index (χ3n) is 3.34. The fraction of sp³-hybridized carbons (Fsp3) is 0.533. The van der Waals surface area contributed by atoms with Crippen molar-refractivity contribution >= 4 is 11.5 Å². The Kier molecular flexibility index (Phi) is 5.75. The fourth-order valence-electron chi connectivity index (χ4n) is 1.97. The van der Waals surface area contributed by atoms with E-state index in [-0.39, 0.29) is 0 Å². The quantitative estimate of drug-likeness (QED) is 0.731. The number of carbonyl (C=O) groups is 1. The molecule has 94 valence electrons. The predicted octanol–water partition coefficient (Wildman–Crippen LogP) is 3.60. The smallest absolute Gasteiger partial charge is 0.133 e. The van der Waals surface area contributed by atoms with Crippen molar-refractivity contribution in [2.45, 2.75) is 46.0 Å². The monoisotopic (exact) mass is 233 g/mol. The molecule has 0 aliphatic heterocycles. The summed E-state index contributed by atoms with van der Waals surface area (Å²) in [5.74, 6) is 0.949. The first-order valence-electron chi connectivity index (χ1n) is 6.51. The maximum atomic E-state index is 11.8. The molecule has 0 heterocycles. The number of Topliss-reactive ketones (excluding diaryl/α,β-unsaturated/α-hetero) is 1. The normalized spacial score (nSPS) is 10.8. The molecule has 0 unspecified atom stereocenters. The average Bonchev–Trinajstić information content (AvgIpc) is 2.35. The molecule has 17 heavy (non-hydrogen) atoms. The van der Waals surface area contributed by atoms with Crippen LogP contribution in [0.1, 0.15) is 45.1 Å². The van der Waals surface area contributed by atoms with Gasteiger partial charge in [-0.05, 0) is 30.0 Å². The molecule has 0 fully saturated rings. The van der Waals surface area contributed by atoms with Crippen LogP contribution in [-0.2, 0) is 11.2 Å². The Morgan fingerprint density at radius 2 is 1.76 bits per heavy atom. The number of rotatable bonds is 7. The highest BCUT2D eigenvalue weighted by Gasteiger charge is 2.10. The van der Waals surface area contributed by atoms with Gasteiger partial charge in [0, 0.05) is 18.5 Å². The first-order chi connectivity index (χ1) is 8.15. The summed E-state index contributed by atoms with van der Waals surface area (Å²) < 4.78 is 0. The minimum atomic E-state index is 0.385. The van der Waals surface area contributed by atoms with Crippen LogP contribution in [0.2, 0.25) is 0 Å². The molecular formula is C15H23NO. The molecule has 2 N–H and O–H groups in total. The summed E-state index contributed by atoms with van der Waals surface area (Å²) in [6.07, 6.45) is 4.43. The minimum Gasteiger partial charge on any atom is -0.399 e. The van der Waals surface area contributed by atoms with Crippen LogP contribution in [0.4, 0.5) is 5.69 Å². The molecule has 2 nitrogen and oxygen atoms in total. The highest BCUT2D eigenvalue weighted by Crippen LogP contribution is 2.15. The first-order valence-corrected chi connectivity index (χ1v) is 6.51. The lowest BCUT2D eigenvalue weighted by atomic mass is 9.94. The SMILES string of the molecule is CCC(CC)CC(=O)CCc1ccc(N)cc1. The zero-order valence-electron chi connectivity index (χ0n) is 10.9. The molecule has 0 atom stereocenters. The second kappa shape index (κ2) is 7.10. The lowest BCUT2D eigenvalue weighted by Gasteiger charge is -2.10. The van der Waals surface area contributed by atoms with E-state index in [0.717, 1.165) is 31.4 Å². The molecule has 0 amide bonds. The topological polar surface area (TPSA) is 43.1 Å². The molecule has 1 aromatic carbocycles. The molecule has 0 aliphatic carbocycles. The second-order valence-electron chi connectivity index (χ2n) is 4.67. The van der Waals surface area contributed by atoms with E-state index < -0.39 is 0 Å². The standard InChI is InChI=1S/C15H23NO/c1-3-12(4-2)11-15(17)10-7-13-5-8-14(16)9-6-13/h5-6,8-9,12H,3-4,7,10-11,16H2,1-2H3. The molecule has 0 saturated carbocycles. The summed E-state index contributed by atoms with van der Waals surface area (Å²) in [5, 5.41) is 0. The minimum absolute atomic E-state index is 0.385. The van der Waals surface area contributed by atoms with Gasteiger partial charge in [0.15, 0.2) is 0 Å². The number of benzene rings is 1. The molecule has 0 spiro atoms. The summed E-state index contributed by atoms with van der Waals surface area (Å²) in [4.78, 5) is 11.8. The third kappa shape index (κ3) is 5.03. The number of nitrogens with two attached hydrogens (primary N) is 1. The number of ketones is 1. The van der Waals surface area contributed by atoms with Gasteiger partial charge in [0.25, 0.3) is 0 Å². The van der Waals surface area contributed by atoms with Crippen LogP contribution in [0.15, 0.2) is 24.3 Å². The van der Waals surface area contributed by atoms with Gasteiger partial charge < -0.3 is 5.73 Å². The van der Waals surface area contributed by atoms with Gasteiger partial charge >= 0.3 is 0 Å². The molecule has 2 heteroatoms. The van der Waals surface area contributed by atoms with Crippen LogP contribution in [-0.4, -0.2) is 5.78 Å². The van der Waals surface area contributed by atoms with E-state index in [1.54, 1.807) is 0 Å². The molecule has 1 aromatic rings. The molecule has 0 bridgehead atoms. The molecule has 0 aliphatic rings. The zero-order valence-corrected chi connectivity index (χ0v) is 10.9. The molecule has 0 radical (unpaired) electrons. The van der Waals surface area contributed by atoms with E-state index in [2.05, 4.69) is 13.8 Å². The van der Waals surface area contributed by atoms with E-state index in [9.17, 15) is 4.79 Å². The maximum Gasteiger partial charge on any atom is 0.133 e. The van der Waals surface area contributed by atoms with Crippen LogP contribution in [0.3, 0.4) is 0 Å². The molecule has 0 saturated heterocycles. The summed E-state index contributed by atoms with van der Waals surface area (Å²) in [5.41, 5.74) is 7.58. The van der Waals surface area contributed by atoms with Gasteiger partial charge in [-0.15, -0.1) is 0 Å². The van der Waals surface area contributed by atoms with Gasteiger partial charge in [-0.3, -0.25) is 4.79 Å². The van der Waals surface area contributed by atoms with Crippen molar-refractivity contribution in [1.29, 1.82) is 0 Å². The van der Waals surface area contributed by atoms with Crippen LogP contribution in [0, 0.1) is 5.92 Å². The fourth-order valence-corrected chi connectivity index (χ4v) is 1.97. The Balaban J connectivity index is 2.35. The van der Waals surface area contributed by atoms with Gasteiger partial charge in [-0.25, -0.2) is 0 Å². The van der Waals surface area contributed by atoms with Crippen molar-refractivity contribution in [2.24, 2.45) is 5.92 Å². The third-order valence-corrected chi connectivity index (χ3v) is 3.34. The Morgan fingerprint density at radius 3 is 2.29 bits per heavy atom. The van der Waals surface area contributed by atoms with Crippen molar-refractivity contribution in [3.63, 3.8) is 0 Å². The molecular weight excluding hydrogens is 210 g/mol. The Hall–Kier alpha value is -1.31. The van der Waals surface area contributed by atoms with Crippen molar-refractivity contribution in [2.75, 3.05) is 5.73 Å². The van der Waals surface area contributed by atoms with Crippen LogP contribution in [0.5, 0.6) is 0 Å².